The van der Waals surface area contributed by atoms with Crippen molar-refractivity contribution < 1.29 is 10.2 Å². The number of aromatic hydroxyl groups is 2. The average Bonchev–Trinajstić information content (AvgIpc) is 2.93. The number of benzene rings is 2. The molecule has 2 bridgehead atoms. The van der Waals surface area contributed by atoms with Gasteiger partial charge in [0.1, 0.15) is 11.5 Å². The minimum Gasteiger partial charge on any atom is -0.508 e. The Bertz CT molecular complexity index is 941. The number of rotatable bonds is 4. The third-order valence-electron chi connectivity index (χ3n) is 7.12. The first kappa shape index (κ1) is 22.7. The topological polar surface area (TPSA) is 40.5 Å². The highest BCUT2D eigenvalue weighted by Gasteiger charge is 2.41. The molecule has 0 fully saturated rings. The summed E-state index contributed by atoms with van der Waals surface area (Å²) in [6.45, 7) is 19.9. The summed E-state index contributed by atoms with van der Waals surface area (Å²) in [6.07, 6.45) is 2.19. The summed E-state index contributed by atoms with van der Waals surface area (Å²) in [4.78, 5) is 0. The van der Waals surface area contributed by atoms with Gasteiger partial charge in [0, 0.05) is 0 Å². The number of phenolic OH excluding ortho intramolecular Hbond substituents is 2. The molecule has 0 saturated carbocycles. The van der Waals surface area contributed by atoms with E-state index in [-0.39, 0.29) is 10.8 Å². The number of phenols is 2. The van der Waals surface area contributed by atoms with Gasteiger partial charge in [-0.15, -0.1) is 0 Å². The van der Waals surface area contributed by atoms with Gasteiger partial charge in [0.05, 0.1) is 0 Å². The summed E-state index contributed by atoms with van der Waals surface area (Å²) in [5, 5.41) is 21.1. The number of aryl methyl sites for hydroxylation is 2. The van der Waals surface area contributed by atoms with Crippen LogP contribution in [-0.4, -0.2) is 10.2 Å². The summed E-state index contributed by atoms with van der Waals surface area (Å²) in [7, 11) is 0. The molecule has 2 N–H and O–H groups in total. The molecule has 0 spiro atoms. The molecule has 1 aliphatic rings. The van der Waals surface area contributed by atoms with Crippen LogP contribution in [0.3, 0.4) is 0 Å². The predicted octanol–water partition coefficient (Wildman–Crippen LogP) is 7.82. The largest absolute Gasteiger partial charge is 0.508 e. The van der Waals surface area contributed by atoms with Gasteiger partial charge in [-0.1, -0.05) is 60.6 Å². The van der Waals surface area contributed by atoms with Crippen molar-refractivity contribution in [3.8, 4) is 11.5 Å². The molecule has 0 radical (unpaired) electrons. The van der Waals surface area contributed by atoms with E-state index in [9.17, 15) is 10.2 Å². The van der Waals surface area contributed by atoms with Crippen LogP contribution in [0.5, 0.6) is 11.5 Å². The number of fused-ring (bicyclic) bond motifs is 2. The van der Waals surface area contributed by atoms with Gasteiger partial charge in [-0.25, -0.2) is 0 Å². The standard InChI is InChI=1S/C28H40O2/c1-16(20-15-23(27(4,5)6)25(30)13-17(20)2)10-11-19-21-14-22(24(29)12-18(21)3)26(19)28(7,8)9/h12-16,19,26,29-30H,10-11H2,1-9H3. The Morgan fingerprint density at radius 1 is 0.833 bits per heavy atom. The van der Waals surface area contributed by atoms with Crippen LogP contribution in [0.4, 0.5) is 0 Å². The lowest BCUT2D eigenvalue weighted by atomic mass is 9.70. The van der Waals surface area contributed by atoms with Gasteiger partial charge in [-0.05, 0) is 101 Å². The first-order valence-electron chi connectivity index (χ1n) is 11.4. The molecule has 3 rings (SSSR count). The molecular weight excluding hydrogens is 368 g/mol. The Morgan fingerprint density at radius 3 is 2.00 bits per heavy atom. The fourth-order valence-electron chi connectivity index (χ4n) is 5.59. The maximum atomic E-state index is 10.6. The zero-order valence-corrected chi connectivity index (χ0v) is 20.4. The molecule has 0 amide bonds. The molecule has 0 heterocycles. The van der Waals surface area contributed by atoms with Crippen molar-refractivity contribution in [2.24, 2.45) is 5.41 Å². The third-order valence-corrected chi connectivity index (χ3v) is 7.12. The predicted molar refractivity (Wildman–Crippen MR) is 127 cm³/mol. The molecule has 2 aromatic carbocycles. The van der Waals surface area contributed by atoms with Crippen LogP contribution in [0, 0.1) is 19.3 Å². The number of hydrogen-bond acceptors (Lipinski definition) is 2. The van der Waals surface area contributed by atoms with Crippen molar-refractivity contribution in [1.82, 2.24) is 0 Å². The van der Waals surface area contributed by atoms with E-state index >= 15 is 0 Å². The molecule has 3 atom stereocenters. The molecule has 0 aromatic heterocycles. The summed E-state index contributed by atoms with van der Waals surface area (Å²) in [5.41, 5.74) is 7.29. The normalized spacial score (nSPS) is 19.9. The van der Waals surface area contributed by atoms with E-state index in [4.69, 9.17) is 0 Å². The lowest BCUT2D eigenvalue weighted by Crippen LogP contribution is -2.22. The van der Waals surface area contributed by atoms with Crippen molar-refractivity contribution in [3.63, 3.8) is 0 Å². The van der Waals surface area contributed by atoms with Gasteiger partial charge in [-0.2, -0.15) is 0 Å². The molecule has 2 nitrogen and oxygen atoms in total. The molecule has 1 aliphatic carbocycles. The molecule has 2 aromatic rings. The fraction of sp³-hybridized carbons (Fsp3) is 0.571. The minimum absolute atomic E-state index is 0.0805. The zero-order chi connectivity index (χ0) is 22.6. The molecule has 164 valence electrons. The van der Waals surface area contributed by atoms with Crippen LogP contribution >= 0.6 is 0 Å². The van der Waals surface area contributed by atoms with Crippen molar-refractivity contribution in [1.29, 1.82) is 0 Å². The molecule has 0 saturated heterocycles. The highest BCUT2D eigenvalue weighted by molar-refractivity contribution is 5.52. The SMILES string of the molecule is Cc1cc(O)c(C(C)(C)C)cc1C(C)CCC1c2cc(c(O)cc2C)C1C(C)(C)C. The van der Waals surface area contributed by atoms with Crippen LogP contribution < -0.4 is 0 Å². The fourth-order valence-corrected chi connectivity index (χ4v) is 5.59. The Labute approximate surface area is 183 Å². The van der Waals surface area contributed by atoms with E-state index in [1.54, 1.807) is 0 Å². The second kappa shape index (κ2) is 7.62. The van der Waals surface area contributed by atoms with Crippen molar-refractivity contribution >= 4 is 0 Å². The smallest absolute Gasteiger partial charge is 0.119 e. The molecule has 30 heavy (non-hydrogen) atoms. The zero-order valence-electron chi connectivity index (χ0n) is 20.4. The molecule has 3 unspecified atom stereocenters. The summed E-state index contributed by atoms with van der Waals surface area (Å²) >= 11 is 0. The van der Waals surface area contributed by atoms with Gasteiger partial charge in [-0.3, -0.25) is 0 Å². The summed E-state index contributed by atoms with van der Waals surface area (Å²) < 4.78 is 0. The minimum atomic E-state index is -0.0805. The van der Waals surface area contributed by atoms with E-state index < -0.39 is 0 Å². The maximum absolute atomic E-state index is 10.6. The van der Waals surface area contributed by atoms with Gasteiger partial charge in [0.15, 0.2) is 0 Å². The van der Waals surface area contributed by atoms with E-state index in [0.29, 0.717) is 29.3 Å². The van der Waals surface area contributed by atoms with Crippen LogP contribution in [0.1, 0.15) is 112 Å². The number of hydrogen-bond donors (Lipinski definition) is 2. The summed E-state index contributed by atoms with van der Waals surface area (Å²) in [5.74, 6) is 2.07. The van der Waals surface area contributed by atoms with Gasteiger partial charge >= 0.3 is 0 Å². The van der Waals surface area contributed by atoms with Crippen LogP contribution in [0.15, 0.2) is 24.3 Å². The van der Waals surface area contributed by atoms with Crippen molar-refractivity contribution in [2.45, 2.75) is 98.3 Å². The van der Waals surface area contributed by atoms with Gasteiger partial charge in [0.2, 0.25) is 0 Å². The molecular formula is C28H40O2. The second-order valence-electron chi connectivity index (χ2n) is 11.7. The Balaban J connectivity index is 1.87. The van der Waals surface area contributed by atoms with E-state index in [0.717, 1.165) is 24.0 Å². The molecule has 0 aliphatic heterocycles. The first-order valence-corrected chi connectivity index (χ1v) is 11.4. The molecule has 2 heteroatoms. The quantitative estimate of drug-likeness (QED) is 0.541. The lowest BCUT2D eigenvalue weighted by molar-refractivity contribution is 0.271. The monoisotopic (exact) mass is 408 g/mol. The average molecular weight is 409 g/mol. The van der Waals surface area contributed by atoms with Crippen LogP contribution in [0.25, 0.3) is 0 Å². The third kappa shape index (κ3) is 4.11. The van der Waals surface area contributed by atoms with Gasteiger partial charge in [0.25, 0.3) is 0 Å². The Kier molecular flexibility index (Phi) is 5.77. The van der Waals surface area contributed by atoms with Crippen LogP contribution in [-0.2, 0) is 5.41 Å². The highest BCUT2D eigenvalue weighted by Crippen LogP contribution is 2.56. The van der Waals surface area contributed by atoms with Gasteiger partial charge < -0.3 is 10.2 Å². The van der Waals surface area contributed by atoms with Crippen molar-refractivity contribution in [3.05, 3.63) is 57.6 Å². The van der Waals surface area contributed by atoms with Crippen LogP contribution in [0.2, 0.25) is 0 Å². The van der Waals surface area contributed by atoms with E-state index in [2.05, 4.69) is 74.4 Å². The Hall–Kier alpha value is -1.96. The Morgan fingerprint density at radius 2 is 1.43 bits per heavy atom. The highest BCUT2D eigenvalue weighted by atomic mass is 16.3. The second-order valence-corrected chi connectivity index (χ2v) is 11.7. The van der Waals surface area contributed by atoms with Crippen molar-refractivity contribution in [2.75, 3.05) is 0 Å². The summed E-state index contributed by atoms with van der Waals surface area (Å²) in [6, 6.07) is 8.36. The first-order chi connectivity index (χ1) is 13.7. The van der Waals surface area contributed by atoms with E-state index in [1.165, 1.54) is 22.3 Å². The van der Waals surface area contributed by atoms with E-state index in [1.807, 2.05) is 12.1 Å². The maximum Gasteiger partial charge on any atom is 0.119 e. The lowest BCUT2D eigenvalue weighted by Gasteiger charge is -2.34.